The van der Waals surface area contributed by atoms with Crippen LogP contribution in [0.1, 0.15) is 30.5 Å². The quantitative estimate of drug-likeness (QED) is 0.422. The highest BCUT2D eigenvalue weighted by atomic mass is 32.2. The number of hydrogen-bond donors (Lipinski definition) is 0. The van der Waals surface area contributed by atoms with Gasteiger partial charge in [-0.2, -0.15) is 4.31 Å². The van der Waals surface area contributed by atoms with Gasteiger partial charge in [0, 0.05) is 36.9 Å². The van der Waals surface area contributed by atoms with Crippen molar-refractivity contribution >= 4 is 15.7 Å². The number of hydrogen-bond acceptors (Lipinski definition) is 6. The minimum Gasteiger partial charge on any atom is -0.485 e. The summed E-state index contributed by atoms with van der Waals surface area (Å²) >= 11 is 0. The molecule has 0 aliphatic carbocycles. The first-order valence-electron chi connectivity index (χ1n) is 13.2. The van der Waals surface area contributed by atoms with Gasteiger partial charge in [-0.1, -0.05) is 60.7 Å². The van der Waals surface area contributed by atoms with E-state index in [1.54, 1.807) is 10.4 Å². The maximum absolute atomic E-state index is 14.0. The van der Waals surface area contributed by atoms with Gasteiger partial charge < -0.3 is 19.3 Å². The average molecular weight is 536 g/mol. The highest BCUT2D eigenvalue weighted by molar-refractivity contribution is 7.89. The van der Waals surface area contributed by atoms with Gasteiger partial charge in [-0.25, -0.2) is 8.42 Å². The molecular formula is C30H37N3O4S. The van der Waals surface area contributed by atoms with E-state index in [0.29, 0.717) is 18.4 Å². The topological polar surface area (TPSA) is 62.3 Å². The molecule has 0 spiro atoms. The van der Waals surface area contributed by atoms with Crippen molar-refractivity contribution in [3.05, 3.63) is 90.0 Å². The number of fused-ring (bicyclic) bond motifs is 1. The largest absolute Gasteiger partial charge is 0.485 e. The zero-order valence-corrected chi connectivity index (χ0v) is 23.2. The maximum atomic E-state index is 14.0. The van der Waals surface area contributed by atoms with E-state index in [2.05, 4.69) is 23.9 Å². The van der Waals surface area contributed by atoms with Crippen LogP contribution < -0.4 is 9.64 Å². The lowest BCUT2D eigenvalue weighted by Crippen LogP contribution is -2.40. The van der Waals surface area contributed by atoms with Gasteiger partial charge in [-0.3, -0.25) is 0 Å². The Bertz CT molecular complexity index is 1320. The molecule has 1 fully saturated rings. The number of ether oxygens (including phenoxy) is 2. The second-order valence-electron chi connectivity index (χ2n) is 10.4. The second kappa shape index (κ2) is 11.5. The highest BCUT2D eigenvalue weighted by Crippen LogP contribution is 2.38. The lowest BCUT2D eigenvalue weighted by atomic mass is 10.1. The smallest absolute Gasteiger partial charge is 0.247 e. The number of rotatable bonds is 8. The van der Waals surface area contributed by atoms with Crippen LogP contribution in [0.3, 0.4) is 0 Å². The third-order valence-corrected chi connectivity index (χ3v) is 9.56. The van der Waals surface area contributed by atoms with Crippen molar-refractivity contribution in [2.24, 2.45) is 0 Å². The first-order valence-corrected chi connectivity index (χ1v) is 14.7. The lowest BCUT2D eigenvalue weighted by molar-refractivity contribution is 0.0313. The van der Waals surface area contributed by atoms with E-state index in [1.807, 2.05) is 79.7 Å². The van der Waals surface area contributed by atoms with E-state index in [4.69, 9.17) is 9.47 Å². The fraction of sp³-hybridized carbons (Fsp3) is 0.400. The molecule has 3 atom stereocenters. The van der Waals surface area contributed by atoms with Gasteiger partial charge in [0.05, 0.1) is 19.8 Å². The summed E-state index contributed by atoms with van der Waals surface area (Å²) in [7, 11) is 0.386. The van der Waals surface area contributed by atoms with E-state index in [1.165, 1.54) is 0 Å². The summed E-state index contributed by atoms with van der Waals surface area (Å²) in [5.41, 5.74) is 2.99. The summed E-state index contributed by atoms with van der Waals surface area (Å²) in [4.78, 5) is 4.75. The predicted octanol–water partition coefficient (Wildman–Crippen LogP) is 4.56. The minimum atomic E-state index is -3.82. The molecule has 8 heteroatoms. The summed E-state index contributed by atoms with van der Waals surface area (Å²) in [5.74, 6) is 0.395. The lowest BCUT2D eigenvalue weighted by Gasteiger charge is -2.29. The molecule has 0 bridgehead atoms. The van der Waals surface area contributed by atoms with Gasteiger partial charge >= 0.3 is 0 Å². The van der Waals surface area contributed by atoms with Gasteiger partial charge in [0.15, 0.2) is 0 Å². The van der Waals surface area contributed by atoms with Gasteiger partial charge in [0.1, 0.15) is 16.7 Å². The molecule has 3 aromatic carbocycles. The fourth-order valence-electron chi connectivity index (χ4n) is 5.27. The zero-order chi connectivity index (χ0) is 26.7. The van der Waals surface area contributed by atoms with Crippen molar-refractivity contribution in [3.8, 4) is 5.75 Å². The van der Waals surface area contributed by atoms with Crippen LogP contribution in [0.4, 0.5) is 5.69 Å². The first kappa shape index (κ1) is 26.7. The van der Waals surface area contributed by atoms with Crippen LogP contribution in [0.5, 0.6) is 5.75 Å². The van der Waals surface area contributed by atoms with E-state index in [9.17, 15) is 8.42 Å². The standard InChI is InChI=1S/C30H37N3O4S/c1-23(25-12-8-5-9-13-25)33-20-28(22-36-21-24-10-6-4-7-11-24)37-29-18-26(14-15-30(29)38(33,34)35)32-17-16-27(19-32)31(2)3/h4-15,18,23,27-28H,16-17,19-22H2,1-3H3/t23-,27-,28-/m1/s1. The molecule has 0 amide bonds. The summed E-state index contributed by atoms with van der Waals surface area (Å²) in [5, 5.41) is 0. The molecular weight excluding hydrogens is 498 g/mol. The van der Waals surface area contributed by atoms with Crippen molar-refractivity contribution in [1.29, 1.82) is 0 Å². The van der Waals surface area contributed by atoms with Crippen LogP contribution >= 0.6 is 0 Å². The zero-order valence-electron chi connectivity index (χ0n) is 22.4. The summed E-state index contributed by atoms with van der Waals surface area (Å²) in [6, 6.07) is 25.3. The Morgan fingerprint density at radius 1 is 1.00 bits per heavy atom. The Morgan fingerprint density at radius 2 is 1.71 bits per heavy atom. The molecule has 0 radical (unpaired) electrons. The summed E-state index contributed by atoms with van der Waals surface area (Å²) in [6.45, 7) is 4.67. The molecule has 7 nitrogen and oxygen atoms in total. The third kappa shape index (κ3) is 5.73. The molecule has 3 aromatic rings. The van der Waals surface area contributed by atoms with Crippen molar-refractivity contribution in [3.63, 3.8) is 0 Å². The molecule has 2 aliphatic heterocycles. The van der Waals surface area contributed by atoms with Gasteiger partial charge in [-0.15, -0.1) is 0 Å². The number of sulfonamides is 1. The number of anilines is 1. The Balaban J connectivity index is 1.44. The third-order valence-electron chi connectivity index (χ3n) is 7.58. The van der Waals surface area contributed by atoms with Gasteiger partial charge in [-0.05, 0) is 50.7 Å². The first-order chi connectivity index (χ1) is 18.3. The number of nitrogens with zero attached hydrogens (tertiary/aromatic N) is 3. The predicted molar refractivity (Wildman–Crippen MR) is 150 cm³/mol. The van der Waals surface area contributed by atoms with Crippen molar-refractivity contribution in [2.45, 2.75) is 43.0 Å². The molecule has 2 aliphatic rings. The molecule has 0 saturated carbocycles. The van der Waals surface area contributed by atoms with Crippen molar-refractivity contribution in [2.75, 3.05) is 45.2 Å². The molecule has 0 N–H and O–H groups in total. The van der Waals surface area contributed by atoms with Crippen LogP contribution in [-0.4, -0.2) is 70.1 Å². The molecule has 5 rings (SSSR count). The maximum Gasteiger partial charge on any atom is 0.247 e. The van der Waals surface area contributed by atoms with Crippen molar-refractivity contribution in [1.82, 2.24) is 9.21 Å². The van der Waals surface area contributed by atoms with Crippen molar-refractivity contribution < 1.29 is 17.9 Å². The number of likely N-dealkylation sites (N-methyl/N-ethyl adjacent to an activating group) is 1. The minimum absolute atomic E-state index is 0.198. The normalized spacial score (nSPS) is 22.1. The van der Waals surface area contributed by atoms with Gasteiger partial charge in [0.2, 0.25) is 10.0 Å². The van der Waals surface area contributed by atoms with Crippen LogP contribution in [0.2, 0.25) is 0 Å². The summed E-state index contributed by atoms with van der Waals surface area (Å²) in [6.07, 6.45) is 0.617. The molecule has 1 saturated heterocycles. The molecule has 0 unspecified atom stereocenters. The number of benzene rings is 3. The monoisotopic (exact) mass is 535 g/mol. The summed E-state index contributed by atoms with van der Waals surface area (Å²) < 4.78 is 42.1. The van der Waals surface area contributed by atoms with Crippen LogP contribution in [0.15, 0.2) is 83.8 Å². The fourth-order valence-corrected chi connectivity index (χ4v) is 7.03. The van der Waals surface area contributed by atoms with Gasteiger partial charge in [0.25, 0.3) is 0 Å². The van der Waals surface area contributed by atoms with Crippen LogP contribution in [0.25, 0.3) is 0 Å². The molecule has 202 valence electrons. The van der Waals surface area contributed by atoms with E-state index in [-0.39, 0.29) is 24.1 Å². The van der Waals surface area contributed by atoms with Crippen LogP contribution in [-0.2, 0) is 21.4 Å². The Kier molecular flexibility index (Phi) is 8.04. The molecule has 0 aromatic heterocycles. The Morgan fingerprint density at radius 3 is 2.39 bits per heavy atom. The van der Waals surface area contributed by atoms with E-state index < -0.39 is 16.1 Å². The van der Waals surface area contributed by atoms with E-state index >= 15 is 0 Å². The average Bonchev–Trinajstić information content (AvgIpc) is 3.39. The highest BCUT2D eigenvalue weighted by Gasteiger charge is 2.38. The molecule has 2 heterocycles. The van der Waals surface area contributed by atoms with E-state index in [0.717, 1.165) is 36.3 Å². The Hall–Kier alpha value is -2.91. The van der Waals surface area contributed by atoms with Crippen LogP contribution in [0, 0.1) is 0 Å². The Labute approximate surface area is 226 Å². The second-order valence-corrected chi connectivity index (χ2v) is 12.2. The molecule has 38 heavy (non-hydrogen) atoms. The SMILES string of the molecule is C[C@H](c1ccccc1)N1C[C@H](COCc2ccccc2)Oc2cc(N3CC[C@@H](N(C)C)C3)ccc2S1(=O)=O.